The molecule has 33 heavy (non-hydrogen) atoms. The molecular formula is C25H29N3O5. The zero-order chi connectivity index (χ0) is 23.6. The normalized spacial score (nSPS) is 14.0. The van der Waals surface area contributed by atoms with Gasteiger partial charge in [-0.1, -0.05) is 13.3 Å². The number of likely N-dealkylation sites (tertiary alicyclic amines) is 1. The Morgan fingerprint density at radius 3 is 2.33 bits per heavy atom. The van der Waals surface area contributed by atoms with Crippen LogP contribution in [0, 0.1) is 10.1 Å². The van der Waals surface area contributed by atoms with Crippen molar-refractivity contribution in [3.63, 3.8) is 0 Å². The molecule has 2 amide bonds. The number of non-ortho nitro benzene ring substituents is 1. The highest BCUT2D eigenvalue weighted by molar-refractivity contribution is 6.05. The molecule has 0 spiro atoms. The predicted octanol–water partition coefficient (Wildman–Crippen LogP) is 4.56. The molecule has 2 aromatic rings. The van der Waals surface area contributed by atoms with Crippen LogP contribution in [0.4, 0.5) is 5.69 Å². The first kappa shape index (κ1) is 24.0. The van der Waals surface area contributed by atoms with Crippen LogP contribution in [0.15, 0.2) is 54.2 Å². The van der Waals surface area contributed by atoms with Crippen molar-refractivity contribution in [3.05, 3.63) is 75.5 Å². The van der Waals surface area contributed by atoms with Crippen LogP contribution in [0.1, 0.15) is 54.9 Å². The quantitative estimate of drug-likeness (QED) is 0.261. The Morgan fingerprint density at radius 1 is 1.06 bits per heavy atom. The number of amides is 2. The molecule has 0 bridgehead atoms. The monoisotopic (exact) mass is 451 g/mol. The van der Waals surface area contributed by atoms with Crippen LogP contribution < -0.4 is 10.1 Å². The lowest BCUT2D eigenvalue weighted by molar-refractivity contribution is -0.384. The van der Waals surface area contributed by atoms with Gasteiger partial charge in [-0.2, -0.15) is 0 Å². The number of unbranched alkanes of at least 4 members (excludes halogenated alkanes) is 1. The van der Waals surface area contributed by atoms with Crippen molar-refractivity contribution in [1.29, 1.82) is 0 Å². The van der Waals surface area contributed by atoms with Crippen LogP contribution in [0.5, 0.6) is 5.75 Å². The average Bonchev–Trinajstić information content (AvgIpc) is 2.84. The van der Waals surface area contributed by atoms with E-state index in [0.717, 1.165) is 32.1 Å². The first-order chi connectivity index (χ1) is 16.0. The van der Waals surface area contributed by atoms with E-state index in [9.17, 15) is 19.7 Å². The molecule has 1 N–H and O–H groups in total. The topological polar surface area (TPSA) is 102 Å². The van der Waals surface area contributed by atoms with E-state index in [1.165, 1.54) is 12.1 Å². The van der Waals surface area contributed by atoms with Gasteiger partial charge in [0.1, 0.15) is 11.4 Å². The highest BCUT2D eigenvalue weighted by Crippen LogP contribution is 2.18. The van der Waals surface area contributed by atoms with Gasteiger partial charge < -0.3 is 15.0 Å². The van der Waals surface area contributed by atoms with E-state index in [0.29, 0.717) is 36.6 Å². The van der Waals surface area contributed by atoms with Gasteiger partial charge in [-0.3, -0.25) is 19.7 Å². The first-order valence-electron chi connectivity index (χ1n) is 11.3. The average molecular weight is 452 g/mol. The summed E-state index contributed by atoms with van der Waals surface area (Å²) < 4.78 is 5.63. The fourth-order valence-electron chi connectivity index (χ4n) is 3.51. The predicted molar refractivity (Wildman–Crippen MR) is 126 cm³/mol. The molecule has 1 heterocycles. The van der Waals surface area contributed by atoms with Crippen molar-refractivity contribution in [2.45, 2.75) is 39.0 Å². The van der Waals surface area contributed by atoms with Crippen molar-refractivity contribution in [3.8, 4) is 5.75 Å². The molecule has 0 atom stereocenters. The maximum absolute atomic E-state index is 13.2. The molecule has 2 aromatic carbocycles. The zero-order valence-electron chi connectivity index (χ0n) is 18.8. The second-order valence-corrected chi connectivity index (χ2v) is 7.94. The summed E-state index contributed by atoms with van der Waals surface area (Å²) in [6, 6.07) is 12.6. The summed E-state index contributed by atoms with van der Waals surface area (Å²) in [6.07, 6.45) is 6.46. The van der Waals surface area contributed by atoms with Crippen LogP contribution in [0.25, 0.3) is 6.08 Å². The fourth-order valence-corrected chi connectivity index (χ4v) is 3.51. The Hall–Kier alpha value is -3.68. The number of nitro benzene ring substituents is 1. The van der Waals surface area contributed by atoms with E-state index in [4.69, 9.17) is 4.74 Å². The van der Waals surface area contributed by atoms with E-state index < -0.39 is 10.8 Å². The molecule has 0 saturated carbocycles. The highest BCUT2D eigenvalue weighted by Gasteiger charge is 2.22. The second kappa shape index (κ2) is 11.8. The number of nitrogens with one attached hydrogen (secondary N) is 1. The number of hydrogen-bond acceptors (Lipinski definition) is 5. The summed E-state index contributed by atoms with van der Waals surface area (Å²) >= 11 is 0. The smallest absolute Gasteiger partial charge is 0.270 e. The lowest BCUT2D eigenvalue weighted by atomic mass is 10.1. The maximum Gasteiger partial charge on any atom is 0.270 e. The summed E-state index contributed by atoms with van der Waals surface area (Å²) in [4.78, 5) is 38.2. The Labute approximate surface area is 193 Å². The molecule has 8 nitrogen and oxygen atoms in total. The van der Waals surface area contributed by atoms with Gasteiger partial charge in [0, 0.05) is 30.8 Å². The minimum atomic E-state index is -0.481. The number of carbonyl (C=O) groups excluding carboxylic acids is 2. The van der Waals surface area contributed by atoms with Gasteiger partial charge in [-0.15, -0.1) is 0 Å². The van der Waals surface area contributed by atoms with Gasteiger partial charge in [-0.05, 0) is 73.7 Å². The van der Waals surface area contributed by atoms with Gasteiger partial charge in [0.25, 0.3) is 17.5 Å². The molecule has 1 aliphatic heterocycles. The molecular weight excluding hydrogens is 422 g/mol. The van der Waals surface area contributed by atoms with Gasteiger partial charge in [0.2, 0.25) is 0 Å². The Balaban J connectivity index is 1.79. The number of rotatable bonds is 9. The summed E-state index contributed by atoms with van der Waals surface area (Å²) in [5.41, 5.74) is 1.08. The maximum atomic E-state index is 13.2. The number of ether oxygens (including phenoxy) is 1. The number of benzene rings is 2. The number of nitrogens with zero attached hydrogens (tertiary/aromatic N) is 2. The third-order valence-electron chi connectivity index (χ3n) is 5.42. The van der Waals surface area contributed by atoms with Crippen LogP contribution in [0.3, 0.4) is 0 Å². The van der Waals surface area contributed by atoms with E-state index in [1.807, 2.05) is 0 Å². The number of piperidine rings is 1. The third kappa shape index (κ3) is 6.90. The molecule has 0 unspecified atom stereocenters. The molecule has 1 fully saturated rings. The van der Waals surface area contributed by atoms with Gasteiger partial charge >= 0.3 is 0 Å². The van der Waals surface area contributed by atoms with Gasteiger partial charge in [0.15, 0.2) is 0 Å². The first-order valence-corrected chi connectivity index (χ1v) is 11.3. The molecule has 1 aliphatic rings. The minimum absolute atomic E-state index is 0.0404. The fraction of sp³-hybridized carbons (Fsp3) is 0.360. The summed E-state index contributed by atoms with van der Waals surface area (Å²) in [6.45, 7) is 3.98. The highest BCUT2D eigenvalue weighted by atomic mass is 16.6. The molecule has 0 aromatic heterocycles. The van der Waals surface area contributed by atoms with Crippen molar-refractivity contribution >= 4 is 23.6 Å². The number of hydrogen-bond donors (Lipinski definition) is 1. The Bertz CT molecular complexity index is 994. The molecule has 3 rings (SSSR count). The molecule has 8 heteroatoms. The third-order valence-corrected chi connectivity index (χ3v) is 5.42. The molecule has 0 radical (unpaired) electrons. The van der Waals surface area contributed by atoms with E-state index in [1.54, 1.807) is 47.4 Å². The molecule has 1 saturated heterocycles. The SMILES string of the molecule is CCCCOc1ccc(C(=O)N/C(=C/c2ccc([N+](=O)[O-])cc2)C(=O)N2CCCCC2)cc1. The van der Waals surface area contributed by atoms with Crippen LogP contribution in [0.2, 0.25) is 0 Å². The van der Waals surface area contributed by atoms with E-state index in [-0.39, 0.29) is 17.3 Å². The van der Waals surface area contributed by atoms with Crippen molar-refractivity contribution in [2.24, 2.45) is 0 Å². The van der Waals surface area contributed by atoms with Crippen LogP contribution in [-0.4, -0.2) is 41.3 Å². The summed E-state index contributed by atoms with van der Waals surface area (Å²) in [7, 11) is 0. The number of nitro groups is 1. The van der Waals surface area contributed by atoms with E-state index in [2.05, 4.69) is 12.2 Å². The zero-order valence-corrected chi connectivity index (χ0v) is 18.8. The molecule has 174 valence electrons. The largest absolute Gasteiger partial charge is 0.494 e. The standard InChI is InChI=1S/C25H29N3O5/c1-2-3-17-33-22-13-9-20(10-14-22)24(29)26-23(25(30)27-15-5-4-6-16-27)18-19-7-11-21(12-8-19)28(31)32/h7-14,18H,2-6,15-17H2,1H3,(H,26,29)/b23-18+. The van der Waals surface area contributed by atoms with Crippen molar-refractivity contribution in [2.75, 3.05) is 19.7 Å². The summed E-state index contributed by atoms with van der Waals surface area (Å²) in [5.74, 6) is 0.0144. The van der Waals surface area contributed by atoms with E-state index >= 15 is 0 Å². The Kier molecular flexibility index (Phi) is 8.57. The van der Waals surface area contributed by atoms with Crippen LogP contribution >= 0.6 is 0 Å². The Morgan fingerprint density at radius 2 is 1.73 bits per heavy atom. The number of carbonyl (C=O) groups is 2. The van der Waals surface area contributed by atoms with Crippen molar-refractivity contribution in [1.82, 2.24) is 10.2 Å². The van der Waals surface area contributed by atoms with Gasteiger partial charge in [0.05, 0.1) is 11.5 Å². The van der Waals surface area contributed by atoms with Gasteiger partial charge in [-0.25, -0.2) is 0 Å². The van der Waals surface area contributed by atoms with Crippen molar-refractivity contribution < 1.29 is 19.2 Å². The summed E-state index contributed by atoms with van der Waals surface area (Å²) in [5, 5.41) is 13.7. The van der Waals surface area contributed by atoms with Crippen LogP contribution in [-0.2, 0) is 4.79 Å². The minimum Gasteiger partial charge on any atom is -0.494 e. The lowest BCUT2D eigenvalue weighted by Crippen LogP contribution is -2.41. The molecule has 0 aliphatic carbocycles. The lowest BCUT2D eigenvalue weighted by Gasteiger charge is -2.27. The second-order valence-electron chi connectivity index (χ2n) is 7.94.